The van der Waals surface area contributed by atoms with Gasteiger partial charge in [-0.15, -0.1) is 0 Å². The molecule has 0 saturated carbocycles. The summed E-state index contributed by atoms with van der Waals surface area (Å²) < 4.78 is 5.68. The summed E-state index contributed by atoms with van der Waals surface area (Å²) in [7, 11) is 0. The SMILES string of the molecule is O=C(Cc1ccc(Cl)c(Cl)c1)N1CCN(C[C@H]2CCCO2)CC1. The molecule has 0 unspecified atom stereocenters. The molecule has 0 aromatic heterocycles. The monoisotopic (exact) mass is 356 g/mol. The van der Waals surface area contributed by atoms with E-state index in [-0.39, 0.29) is 5.91 Å². The summed E-state index contributed by atoms with van der Waals surface area (Å²) in [4.78, 5) is 16.8. The van der Waals surface area contributed by atoms with Crippen LogP contribution in [0.5, 0.6) is 0 Å². The molecule has 6 heteroatoms. The Morgan fingerprint density at radius 1 is 1.17 bits per heavy atom. The lowest BCUT2D eigenvalue weighted by atomic mass is 10.1. The maximum atomic E-state index is 12.4. The van der Waals surface area contributed by atoms with Crippen molar-refractivity contribution in [2.75, 3.05) is 39.3 Å². The number of rotatable bonds is 4. The van der Waals surface area contributed by atoms with Gasteiger partial charge in [-0.1, -0.05) is 29.3 Å². The van der Waals surface area contributed by atoms with Crippen LogP contribution < -0.4 is 0 Å². The van der Waals surface area contributed by atoms with Crippen molar-refractivity contribution in [2.45, 2.75) is 25.4 Å². The first kappa shape index (κ1) is 17.0. The second-order valence-corrected chi connectivity index (χ2v) is 7.06. The number of halogens is 2. The van der Waals surface area contributed by atoms with Crippen molar-refractivity contribution < 1.29 is 9.53 Å². The molecule has 126 valence electrons. The summed E-state index contributed by atoms with van der Waals surface area (Å²) in [5.74, 6) is 0.153. The average Bonchev–Trinajstić information content (AvgIpc) is 3.04. The fraction of sp³-hybridized carbons (Fsp3) is 0.588. The van der Waals surface area contributed by atoms with Crippen LogP contribution in [-0.4, -0.2) is 61.1 Å². The van der Waals surface area contributed by atoms with Crippen molar-refractivity contribution in [3.63, 3.8) is 0 Å². The Hall–Kier alpha value is -0.810. The number of hydrogen-bond acceptors (Lipinski definition) is 3. The third-order valence-electron chi connectivity index (χ3n) is 4.55. The minimum absolute atomic E-state index is 0.153. The van der Waals surface area contributed by atoms with Crippen LogP contribution in [0, 0.1) is 0 Å². The van der Waals surface area contributed by atoms with E-state index in [0.717, 1.165) is 51.3 Å². The van der Waals surface area contributed by atoms with Crippen LogP contribution in [0.15, 0.2) is 18.2 Å². The molecule has 2 aliphatic rings. The van der Waals surface area contributed by atoms with Crippen LogP contribution >= 0.6 is 23.2 Å². The van der Waals surface area contributed by atoms with Gasteiger partial charge in [0.25, 0.3) is 0 Å². The summed E-state index contributed by atoms with van der Waals surface area (Å²) >= 11 is 11.9. The van der Waals surface area contributed by atoms with Gasteiger partial charge in [-0.2, -0.15) is 0 Å². The number of ether oxygens (including phenoxy) is 1. The minimum Gasteiger partial charge on any atom is -0.377 e. The van der Waals surface area contributed by atoms with Crippen LogP contribution in [0.25, 0.3) is 0 Å². The number of carbonyl (C=O) groups is 1. The van der Waals surface area contributed by atoms with Crippen LogP contribution in [-0.2, 0) is 16.0 Å². The van der Waals surface area contributed by atoms with Crippen molar-refractivity contribution in [1.29, 1.82) is 0 Å². The second-order valence-electron chi connectivity index (χ2n) is 6.24. The van der Waals surface area contributed by atoms with Crippen LogP contribution in [0.3, 0.4) is 0 Å². The van der Waals surface area contributed by atoms with Gasteiger partial charge in [0, 0.05) is 39.3 Å². The molecule has 0 aliphatic carbocycles. The van der Waals surface area contributed by atoms with E-state index in [0.29, 0.717) is 22.6 Å². The van der Waals surface area contributed by atoms with Gasteiger partial charge in [-0.25, -0.2) is 0 Å². The van der Waals surface area contributed by atoms with E-state index >= 15 is 0 Å². The van der Waals surface area contributed by atoms with Gasteiger partial charge >= 0.3 is 0 Å². The highest BCUT2D eigenvalue weighted by molar-refractivity contribution is 6.42. The van der Waals surface area contributed by atoms with E-state index in [1.165, 1.54) is 6.42 Å². The summed E-state index contributed by atoms with van der Waals surface area (Å²) in [5, 5.41) is 1.02. The molecular formula is C17H22Cl2N2O2. The first-order valence-corrected chi connectivity index (χ1v) is 8.93. The minimum atomic E-state index is 0.153. The summed E-state index contributed by atoms with van der Waals surface area (Å²) in [6, 6.07) is 5.38. The quantitative estimate of drug-likeness (QED) is 0.831. The molecule has 4 nitrogen and oxygen atoms in total. The van der Waals surface area contributed by atoms with Crippen molar-refractivity contribution in [1.82, 2.24) is 9.80 Å². The Bertz CT molecular complexity index is 554. The third kappa shape index (κ3) is 4.60. The van der Waals surface area contributed by atoms with Gasteiger partial charge in [0.15, 0.2) is 0 Å². The van der Waals surface area contributed by atoms with Gasteiger partial charge in [0.1, 0.15) is 0 Å². The number of nitrogens with zero attached hydrogens (tertiary/aromatic N) is 2. The van der Waals surface area contributed by atoms with Crippen molar-refractivity contribution >= 4 is 29.1 Å². The van der Waals surface area contributed by atoms with E-state index in [2.05, 4.69) is 4.90 Å². The van der Waals surface area contributed by atoms with Crippen molar-refractivity contribution in [3.05, 3.63) is 33.8 Å². The number of carbonyl (C=O) groups excluding carboxylic acids is 1. The fourth-order valence-electron chi connectivity index (χ4n) is 3.19. The van der Waals surface area contributed by atoms with Gasteiger partial charge < -0.3 is 9.64 Å². The molecule has 2 heterocycles. The normalized spacial score (nSPS) is 22.5. The van der Waals surface area contributed by atoms with Crippen LogP contribution in [0.2, 0.25) is 10.0 Å². The van der Waals surface area contributed by atoms with E-state index in [9.17, 15) is 4.79 Å². The Balaban J connectivity index is 1.46. The molecule has 0 N–H and O–H groups in total. The molecule has 0 bridgehead atoms. The first-order chi connectivity index (χ1) is 11.1. The number of piperazine rings is 1. The Kier molecular flexibility index (Phi) is 5.81. The molecule has 2 aliphatic heterocycles. The average molecular weight is 357 g/mol. The topological polar surface area (TPSA) is 32.8 Å². The number of hydrogen-bond donors (Lipinski definition) is 0. The van der Waals surface area contributed by atoms with Gasteiger partial charge in [-0.05, 0) is 30.5 Å². The van der Waals surface area contributed by atoms with Gasteiger partial charge in [-0.3, -0.25) is 9.69 Å². The highest BCUT2D eigenvalue weighted by atomic mass is 35.5. The Morgan fingerprint density at radius 2 is 1.96 bits per heavy atom. The van der Waals surface area contributed by atoms with E-state index in [4.69, 9.17) is 27.9 Å². The molecule has 1 atom stereocenters. The molecule has 0 spiro atoms. The van der Waals surface area contributed by atoms with E-state index in [1.807, 2.05) is 11.0 Å². The lowest BCUT2D eigenvalue weighted by Gasteiger charge is -2.35. The largest absolute Gasteiger partial charge is 0.377 e. The first-order valence-electron chi connectivity index (χ1n) is 8.17. The fourth-order valence-corrected chi connectivity index (χ4v) is 3.51. The molecule has 23 heavy (non-hydrogen) atoms. The summed E-state index contributed by atoms with van der Waals surface area (Å²) in [6.07, 6.45) is 3.10. The maximum absolute atomic E-state index is 12.4. The zero-order valence-corrected chi connectivity index (χ0v) is 14.7. The third-order valence-corrected chi connectivity index (χ3v) is 5.29. The lowest BCUT2D eigenvalue weighted by molar-refractivity contribution is -0.132. The van der Waals surface area contributed by atoms with Gasteiger partial charge in [0.05, 0.1) is 22.6 Å². The van der Waals surface area contributed by atoms with Crippen LogP contribution in [0.4, 0.5) is 0 Å². The standard InChI is InChI=1S/C17H22Cl2N2O2/c18-15-4-3-13(10-16(15)19)11-17(22)21-7-5-20(6-8-21)12-14-2-1-9-23-14/h3-4,10,14H,1-2,5-9,11-12H2/t14-/m1/s1. The molecular weight excluding hydrogens is 335 g/mol. The van der Waals surface area contributed by atoms with Gasteiger partial charge in [0.2, 0.25) is 5.91 Å². The molecule has 3 rings (SSSR count). The lowest BCUT2D eigenvalue weighted by Crippen LogP contribution is -2.50. The second kappa shape index (κ2) is 7.84. The van der Waals surface area contributed by atoms with E-state index in [1.54, 1.807) is 12.1 Å². The smallest absolute Gasteiger partial charge is 0.227 e. The molecule has 2 fully saturated rings. The zero-order valence-electron chi connectivity index (χ0n) is 13.1. The maximum Gasteiger partial charge on any atom is 0.227 e. The predicted octanol–water partition coefficient (Wildman–Crippen LogP) is 2.86. The molecule has 2 saturated heterocycles. The Labute approximate surface area is 147 Å². The van der Waals surface area contributed by atoms with Crippen molar-refractivity contribution in [2.24, 2.45) is 0 Å². The highest BCUT2D eigenvalue weighted by Gasteiger charge is 2.24. The van der Waals surface area contributed by atoms with Crippen molar-refractivity contribution in [3.8, 4) is 0 Å². The summed E-state index contributed by atoms with van der Waals surface area (Å²) in [6.45, 7) is 5.31. The molecule has 1 amide bonds. The Morgan fingerprint density at radius 3 is 2.61 bits per heavy atom. The van der Waals surface area contributed by atoms with E-state index < -0.39 is 0 Å². The number of benzene rings is 1. The molecule has 0 radical (unpaired) electrons. The predicted molar refractivity (Wildman–Crippen MR) is 92.2 cm³/mol. The van der Waals surface area contributed by atoms with Crippen LogP contribution in [0.1, 0.15) is 18.4 Å². The molecule has 1 aromatic rings. The molecule has 1 aromatic carbocycles. The zero-order chi connectivity index (χ0) is 16.2. The summed E-state index contributed by atoms with van der Waals surface area (Å²) in [5.41, 5.74) is 0.909. The number of amides is 1. The highest BCUT2D eigenvalue weighted by Crippen LogP contribution is 2.23.